The van der Waals surface area contributed by atoms with Gasteiger partial charge in [-0.3, -0.25) is 10.2 Å². The number of halogens is 2. The molecule has 0 saturated heterocycles. The van der Waals surface area contributed by atoms with Gasteiger partial charge in [0.1, 0.15) is 5.75 Å². The summed E-state index contributed by atoms with van der Waals surface area (Å²) in [6, 6.07) is 11.1. The minimum absolute atomic E-state index is 0.251. The molecule has 3 N–H and O–H groups in total. The van der Waals surface area contributed by atoms with E-state index in [4.69, 9.17) is 27.9 Å². The second-order valence-corrected chi connectivity index (χ2v) is 5.68. The number of hydrogen-bond acceptors (Lipinski definition) is 3. The minimum Gasteiger partial charge on any atom is -0.484 e. The zero-order chi connectivity index (χ0) is 17.5. The van der Waals surface area contributed by atoms with E-state index >= 15 is 0 Å². The maximum absolute atomic E-state index is 11.7. The number of anilines is 1. The van der Waals surface area contributed by atoms with Gasteiger partial charge in [0.25, 0.3) is 5.91 Å². The number of nitrogens with one attached hydrogen (secondary N) is 3. The molecule has 2 aromatic carbocycles. The van der Waals surface area contributed by atoms with E-state index in [1.165, 1.54) is 0 Å². The number of carbonyl (C=O) groups is 2. The molecule has 0 bridgehead atoms. The third-order valence-electron chi connectivity index (χ3n) is 2.90. The van der Waals surface area contributed by atoms with Gasteiger partial charge in [0.15, 0.2) is 6.61 Å². The van der Waals surface area contributed by atoms with Crippen LogP contribution in [0.3, 0.4) is 0 Å². The summed E-state index contributed by atoms with van der Waals surface area (Å²) in [5.74, 6) is -0.000670. The van der Waals surface area contributed by atoms with Gasteiger partial charge in [-0.1, -0.05) is 29.3 Å². The first kappa shape index (κ1) is 17.9. The fraction of sp³-hybridized carbons (Fsp3) is 0.125. The molecule has 6 nitrogen and oxygen atoms in total. The first-order valence-electron chi connectivity index (χ1n) is 6.94. The summed E-state index contributed by atoms with van der Waals surface area (Å²) in [6.07, 6.45) is 0. The number of hydrazine groups is 1. The maximum Gasteiger partial charge on any atom is 0.337 e. The molecule has 2 aromatic rings. The normalized spacial score (nSPS) is 9.96. The molecule has 8 heteroatoms. The zero-order valence-corrected chi connectivity index (χ0v) is 14.2. The van der Waals surface area contributed by atoms with Gasteiger partial charge in [0, 0.05) is 15.7 Å². The lowest BCUT2D eigenvalue weighted by atomic mass is 10.2. The molecule has 0 aromatic heterocycles. The molecule has 3 amide bonds. The van der Waals surface area contributed by atoms with Gasteiger partial charge in [0.2, 0.25) is 0 Å². The molecule has 0 heterocycles. The molecule has 0 radical (unpaired) electrons. The average Bonchev–Trinajstić information content (AvgIpc) is 2.54. The summed E-state index contributed by atoms with van der Waals surface area (Å²) >= 11 is 11.7. The summed E-state index contributed by atoms with van der Waals surface area (Å²) in [7, 11) is 0. The number of ether oxygens (including phenoxy) is 1. The Balaban J connectivity index is 1.74. The van der Waals surface area contributed by atoms with E-state index in [9.17, 15) is 9.59 Å². The fourth-order valence-electron chi connectivity index (χ4n) is 1.75. The Morgan fingerprint density at radius 2 is 1.88 bits per heavy atom. The first-order chi connectivity index (χ1) is 11.4. The Morgan fingerprint density at radius 1 is 1.08 bits per heavy atom. The number of hydrogen-bond donors (Lipinski definition) is 3. The Bertz CT molecular complexity index is 753. The molecule has 24 heavy (non-hydrogen) atoms. The van der Waals surface area contributed by atoms with E-state index in [0.717, 1.165) is 5.56 Å². The average molecular weight is 368 g/mol. The van der Waals surface area contributed by atoms with Gasteiger partial charge >= 0.3 is 6.03 Å². The van der Waals surface area contributed by atoms with E-state index in [2.05, 4.69) is 16.2 Å². The molecule has 0 fully saturated rings. The van der Waals surface area contributed by atoms with Crippen molar-refractivity contribution in [2.24, 2.45) is 0 Å². The second-order valence-electron chi connectivity index (χ2n) is 4.84. The van der Waals surface area contributed by atoms with Crippen LogP contribution in [-0.4, -0.2) is 18.5 Å². The highest BCUT2D eigenvalue weighted by atomic mass is 35.5. The Kier molecular flexibility index (Phi) is 6.28. The van der Waals surface area contributed by atoms with Crippen LogP contribution >= 0.6 is 23.2 Å². The molecule has 2 rings (SSSR count). The van der Waals surface area contributed by atoms with Crippen LogP contribution in [0.15, 0.2) is 42.5 Å². The van der Waals surface area contributed by atoms with E-state index in [-0.39, 0.29) is 6.61 Å². The monoisotopic (exact) mass is 367 g/mol. The third-order valence-corrected chi connectivity index (χ3v) is 3.56. The van der Waals surface area contributed by atoms with Crippen molar-refractivity contribution in [1.29, 1.82) is 0 Å². The van der Waals surface area contributed by atoms with Gasteiger partial charge < -0.3 is 10.1 Å². The highest BCUT2D eigenvalue weighted by Crippen LogP contribution is 2.20. The highest BCUT2D eigenvalue weighted by molar-refractivity contribution is 6.31. The number of aryl methyl sites for hydroxylation is 1. The van der Waals surface area contributed by atoms with Crippen molar-refractivity contribution in [3.05, 3.63) is 58.1 Å². The summed E-state index contributed by atoms with van der Waals surface area (Å²) in [4.78, 5) is 23.3. The number of amides is 3. The zero-order valence-electron chi connectivity index (χ0n) is 12.7. The quantitative estimate of drug-likeness (QED) is 0.723. The molecule has 0 spiro atoms. The molecule has 0 aliphatic rings. The SMILES string of the molecule is Cc1cc(OCC(=O)NNC(=O)Nc2cccc(Cl)c2)ccc1Cl. The molecule has 0 aliphatic carbocycles. The standard InChI is InChI=1S/C16H15Cl2N3O3/c1-10-7-13(5-6-14(10)18)24-9-15(22)20-21-16(23)19-12-4-2-3-11(17)8-12/h2-8H,9H2,1H3,(H,20,22)(H2,19,21,23). The molecular formula is C16H15Cl2N3O3. The first-order valence-corrected chi connectivity index (χ1v) is 7.70. The molecule has 0 atom stereocenters. The lowest BCUT2D eigenvalue weighted by molar-refractivity contribution is -0.123. The van der Waals surface area contributed by atoms with Gasteiger partial charge in [-0.05, 0) is 48.9 Å². The van der Waals surface area contributed by atoms with Crippen LogP contribution in [0.2, 0.25) is 10.0 Å². The van der Waals surface area contributed by atoms with Crippen LogP contribution in [-0.2, 0) is 4.79 Å². The minimum atomic E-state index is -0.604. The number of carbonyl (C=O) groups excluding carboxylic acids is 2. The molecule has 0 aliphatic heterocycles. The summed E-state index contributed by atoms with van der Waals surface area (Å²) in [5.41, 5.74) is 5.79. The van der Waals surface area contributed by atoms with Crippen LogP contribution in [0, 0.1) is 6.92 Å². The van der Waals surface area contributed by atoms with Crippen molar-refractivity contribution in [3.63, 3.8) is 0 Å². The van der Waals surface area contributed by atoms with Crippen molar-refractivity contribution < 1.29 is 14.3 Å². The molecule has 0 saturated carbocycles. The fourth-order valence-corrected chi connectivity index (χ4v) is 2.05. The van der Waals surface area contributed by atoms with Crippen molar-refractivity contribution in [2.45, 2.75) is 6.92 Å². The predicted octanol–water partition coefficient (Wildman–Crippen LogP) is 3.53. The van der Waals surface area contributed by atoms with Crippen molar-refractivity contribution in [2.75, 3.05) is 11.9 Å². The summed E-state index contributed by atoms with van der Waals surface area (Å²) in [5, 5.41) is 3.63. The van der Waals surface area contributed by atoms with Crippen LogP contribution in [0.25, 0.3) is 0 Å². The Morgan fingerprint density at radius 3 is 2.58 bits per heavy atom. The number of urea groups is 1. The predicted molar refractivity (Wildman–Crippen MR) is 93.4 cm³/mol. The van der Waals surface area contributed by atoms with Gasteiger partial charge in [-0.25, -0.2) is 10.2 Å². The lowest BCUT2D eigenvalue weighted by Crippen LogP contribution is -2.45. The van der Waals surface area contributed by atoms with Gasteiger partial charge in [0.05, 0.1) is 0 Å². The largest absolute Gasteiger partial charge is 0.484 e. The molecule has 0 unspecified atom stereocenters. The smallest absolute Gasteiger partial charge is 0.337 e. The van der Waals surface area contributed by atoms with Crippen LogP contribution in [0.1, 0.15) is 5.56 Å². The topological polar surface area (TPSA) is 79.5 Å². The van der Waals surface area contributed by atoms with Crippen LogP contribution in [0.5, 0.6) is 5.75 Å². The summed E-state index contributed by atoms with van der Waals surface area (Å²) < 4.78 is 5.31. The number of benzene rings is 2. The van der Waals surface area contributed by atoms with E-state index in [1.807, 2.05) is 6.92 Å². The van der Waals surface area contributed by atoms with E-state index in [1.54, 1.807) is 42.5 Å². The number of rotatable bonds is 4. The van der Waals surface area contributed by atoms with Crippen molar-refractivity contribution in [3.8, 4) is 5.75 Å². The van der Waals surface area contributed by atoms with E-state index in [0.29, 0.717) is 21.5 Å². The second kappa shape index (κ2) is 8.42. The Labute approximate surface area is 149 Å². The van der Waals surface area contributed by atoms with Gasteiger partial charge in [-0.2, -0.15) is 0 Å². The van der Waals surface area contributed by atoms with Crippen LogP contribution in [0.4, 0.5) is 10.5 Å². The van der Waals surface area contributed by atoms with Crippen LogP contribution < -0.4 is 20.9 Å². The highest BCUT2D eigenvalue weighted by Gasteiger charge is 2.07. The summed E-state index contributed by atoms with van der Waals surface area (Å²) in [6.45, 7) is 1.58. The van der Waals surface area contributed by atoms with E-state index < -0.39 is 11.9 Å². The maximum atomic E-state index is 11.7. The molecular weight excluding hydrogens is 353 g/mol. The lowest BCUT2D eigenvalue weighted by Gasteiger charge is -2.10. The van der Waals surface area contributed by atoms with Gasteiger partial charge in [-0.15, -0.1) is 0 Å². The van der Waals surface area contributed by atoms with Crippen molar-refractivity contribution in [1.82, 2.24) is 10.9 Å². The Hall–Kier alpha value is -2.44. The molecule has 126 valence electrons. The van der Waals surface area contributed by atoms with Crippen molar-refractivity contribution >= 4 is 40.8 Å². The third kappa shape index (κ3) is 5.64.